The summed E-state index contributed by atoms with van der Waals surface area (Å²) in [5.74, 6) is -5.42. The minimum absolute atomic E-state index is 0.0668. The third kappa shape index (κ3) is 6.87. The van der Waals surface area contributed by atoms with E-state index in [1.165, 1.54) is 0 Å². The molecule has 0 fully saturated rings. The van der Waals surface area contributed by atoms with E-state index in [1.807, 2.05) is 0 Å². The molecule has 0 saturated heterocycles. The first-order valence-corrected chi connectivity index (χ1v) is 9.70. The van der Waals surface area contributed by atoms with E-state index in [2.05, 4.69) is 0 Å². The van der Waals surface area contributed by atoms with Crippen molar-refractivity contribution in [1.82, 2.24) is 0 Å². The van der Waals surface area contributed by atoms with Gasteiger partial charge in [-0.1, -0.05) is 0 Å². The largest absolute Gasteiger partial charge is 0.705 e. The van der Waals surface area contributed by atoms with Gasteiger partial charge in [-0.3, -0.25) is 14.4 Å². The first-order valence-electron chi connectivity index (χ1n) is 7.77. The summed E-state index contributed by atoms with van der Waals surface area (Å²) in [6.45, 7) is 3.20. The van der Waals surface area contributed by atoms with Crippen LogP contribution in [0.5, 0.6) is 0 Å². The lowest BCUT2D eigenvalue weighted by atomic mass is 10.1. The van der Waals surface area contributed by atoms with Gasteiger partial charge in [0.25, 0.3) is 17.9 Å². The Hall–Kier alpha value is -2.36. The van der Waals surface area contributed by atoms with Crippen molar-refractivity contribution in [2.24, 2.45) is 0 Å². The van der Waals surface area contributed by atoms with Crippen LogP contribution in [0.1, 0.15) is 39.2 Å². The molecule has 0 N–H and O–H groups in total. The smallest absolute Gasteiger partial charge is 0.455 e. The molecule has 0 spiro atoms. The summed E-state index contributed by atoms with van der Waals surface area (Å²) in [5.41, 5.74) is -0.286. The Balaban J connectivity index is 2.81. The fourth-order valence-electron chi connectivity index (χ4n) is 2.33. The molecule has 0 bridgehead atoms. The Labute approximate surface area is 149 Å². The van der Waals surface area contributed by atoms with E-state index in [4.69, 9.17) is 13.3 Å². The lowest BCUT2D eigenvalue weighted by Gasteiger charge is -2.26. The highest BCUT2D eigenvalue weighted by atomic mass is 28.4. The van der Waals surface area contributed by atoms with E-state index in [9.17, 15) is 27.6 Å². The van der Waals surface area contributed by atoms with E-state index < -0.39 is 44.2 Å². The molecule has 1 rings (SSSR count). The monoisotopic (exact) mass is 392 g/mol. The third-order valence-corrected chi connectivity index (χ3v) is 5.92. The van der Waals surface area contributed by atoms with Crippen LogP contribution >= 0.6 is 0 Å². The normalized spacial score (nSPS) is 11.0. The third-order valence-electron chi connectivity index (χ3n) is 3.16. The molecule has 1 aromatic carbocycles. The topological polar surface area (TPSA) is 78.9 Å². The van der Waals surface area contributed by atoms with Crippen LogP contribution in [0.15, 0.2) is 12.1 Å². The lowest BCUT2D eigenvalue weighted by Crippen LogP contribution is -2.49. The highest BCUT2D eigenvalue weighted by Gasteiger charge is 2.51. The Morgan fingerprint density at radius 1 is 0.846 bits per heavy atom. The van der Waals surface area contributed by atoms with Crippen molar-refractivity contribution in [2.45, 2.75) is 46.1 Å². The van der Waals surface area contributed by atoms with E-state index in [1.54, 1.807) is 0 Å². The summed E-state index contributed by atoms with van der Waals surface area (Å²) < 4.78 is 55.1. The maximum absolute atomic E-state index is 13.6. The molecule has 6 nitrogen and oxygen atoms in total. The Morgan fingerprint density at radius 3 is 1.65 bits per heavy atom. The van der Waals surface area contributed by atoms with Crippen molar-refractivity contribution < 1.29 is 40.8 Å². The average Bonchev–Trinajstić information content (AvgIpc) is 2.42. The van der Waals surface area contributed by atoms with Gasteiger partial charge in [0.2, 0.25) is 0 Å². The van der Waals surface area contributed by atoms with Crippen LogP contribution in [-0.2, 0) is 34.1 Å². The minimum Gasteiger partial charge on any atom is -0.455 e. The zero-order valence-corrected chi connectivity index (χ0v) is 15.6. The van der Waals surface area contributed by atoms with Crippen LogP contribution in [0, 0.1) is 17.5 Å². The van der Waals surface area contributed by atoms with Gasteiger partial charge < -0.3 is 13.3 Å². The van der Waals surface area contributed by atoms with Gasteiger partial charge >= 0.3 is 8.80 Å². The zero-order valence-electron chi connectivity index (χ0n) is 14.6. The summed E-state index contributed by atoms with van der Waals surface area (Å²) in [5, 5.41) is 0. The van der Waals surface area contributed by atoms with Gasteiger partial charge in [0, 0.05) is 38.5 Å². The van der Waals surface area contributed by atoms with Gasteiger partial charge in [-0.25, -0.2) is 13.2 Å². The zero-order chi connectivity index (χ0) is 19.9. The Kier molecular flexibility index (Phi) is 7.81. The predicted octanol–water partition coefficient (Wildman–Crippen LogP) is 3.05. The van der Waals surface area contributed by atoms with Crippen molar-refractivity contribution in [3.8, 4) is 0 Å². The maximum atomic E-state index is 13.6. The van der Waals surface area contributed by atoms with E-state index >= 15 is 0 Å². The molecule has 0 radical (unpaired) electrons. The van der Waals surface area contributed by atoms with Crippen LogP contribution in [-0.4, -0.2) is 26.7 Å². The number of hydrogen-bond donors (Lipinski definition) is 0. The van der Waals surface area contributed by atoms with E-state index in [0.29, 0.717) is 12.1 Å². The fraction of sp³-hybridized carbons (Fsp3) is 0.438. The van der Waals surface area contributed by atoms with Gasteiger partial charge in [0.15, 0.2) is 0 Å². The lowest BCUT2D eigenvalue weighted by molar-refractivity contribution is -0.147. The standard InChI is InChI=1S/C16H19F3O6Si/c1-10(20)23-26(24-11(2)21,25-12(3)22)7-5-4-6-14-15(18)8-13(17)9-16(14)19/h8-9H,4-7H2,1-3H3. The molecule has 0 aliphatic heterocycles. The van der Waals surface area contributed by atoms with Crippen LogP contribution < -0.4 is 0 Å². The van der Waals surface area contributed by atoms with Crippen LogP contribution in [0.4, 0.5) is 13.2 Å². The second-order valence-electron chi connectivity index (χ2n) is 5.52. The molecular formula is C16H19F3O6Si. The van der Waals surface area contributed by atoms with E-state index in [0.717, 1.165) is 20.8 Å². The van der Waals surface area contributed by atoms with E-state index in [-0.39, 0.29) is 30.9 Å². The number of hydrogen-bond acceptors (Lipinski definition) is 6. The highest BCUT2D eigenvalue weighted by Crippen LogP contribution is 2.23. The second-order valence-corrected chi connectivity index (χ2v) is 8.00. The molecule has 0 unspecified atom stereocenters. The van der Waals surface area contributed by atoms with Gasteiger partial charge in [-0.2, -0.15) is 0 Å². The molecule has 144 valence electrons. The maximum Gasteiger partial charge on any atom is 0.705 e. The molecule has 1 aromatic rings. The van der Waals surface area contributed by atoms with Crippen molar-refractivity contribution in [1.29, 1.82) is 0 Å². The first-order chi connectivity index (χ1) is 12.0. The SMILES string of the molecule is CC(=O)O[Si](CCCCc1c(F)cc(F)cc1F)(OC(C)=O)OC(C)=O. The molecule has 0 saturated carbocycles. The molecule has 26 heavy (non-hydrogen) atoms. The molecule has 0 heterocycles. The van der Waals surface area contributed by atoms with Crippen molar-refractivity contribution in [2.75, 3.05) is 0 Å². The van der Waals surface area contributed by atoms with Crippen LogP contribution in [0.25, 0.3) is 0 Å². The minimum atomic E-state index is -3.96. The summed E-state index contributed by atoms with van der Waals surface area (Å²) in [4.78, 5) is 33.9. The molecule has 0 aliphatic carbocycles. The molecule has 0 aliphatic rings. The summed E-state index contributed by atoms with van der Waals surface area (Å²) in [6.07, 6.45) is 0.303. The van der Waals surface area contributed by atoms with Gasteiger partial charge in [0.1, 0.15) is 17.5 Å². The molecule has 10 heteroatoms. The number of benzene rings is 1. The molecule has 0 amide bonds. The number of carbonyl (C=O) groups excluding carboxylic acids is 3. The van der Waals surface area contributed by atoms with Crippen LogP contribution in [0.2, 0.25) is 6.04 Å². The summed E-state index contributed by atoms with van der Waals surface area (Å²) >= 11 is 0. The van der Waals surface area contributed by atoms with Crippen molar-refractivity contribution in [3.05, 3.63) is 35.1 Å². The summed E-state index contributed by atoms with van der Waals surface area (Å²) in [6, 6.07) is 1.05. The average molecular weight is 392 g/mol. The quantitative estimate of drug-likeness (QED) is 0.500. The van der Waals surface area contributed by atoms with Gasteiger partial charge in [0.05, 0.1) is 6.04 Å². The predicted molar refractivity (Wildman–Crippen MR) is 85.1 cm³/mol. The van der Waals surface area contributed by atoms with Gasteiger partial charge in [-0.05, 0) is 19.3 Å². The van der Waals surface area contributed by atoms with Crippen molar-refractivity contribution in [3.63, 3.8) is 0 Å². The molecule has 0 aromatic heterocycles. The second kappa shape index (κ2) is 9.37. The first kappa shape index (κ1) is 21.7. The molecular weight excluding hydrogens is 373 g/mol. The number of carbonyl (C=O) groups is 3. The fourth-order valence-corrected chi connectivity index (χ4v) is 4.75. The number of rotatable bonds is 8. The number of halogens is 3. The summed E-state index contributed by atoms with van der Waals surface area (Å²) in [7, 11) is -3.96. The molecule has 0 atom stereocenters. The Morgan fingerprint density at radius 2 is 1.27 bits per heavy atom. The van der Waals surface area contributed by atoms with Gasteiger partial charge in [-0.15, -0.1) is 0 Å². The van der Waals surface area contributed by atoms with Crippen LogP contribution in [0.3, 0.4) is 0 Å². The highest BCUT2D eigenvalue weighted by molar-refractivity contribution is 6.65. The Bertz CT molecular complexity index is 631. The van der Waals surface area contributed by atoms with Crippen molar-refractivity contribution >= 4 is 26.7 Å². The number of unbranched alkanes of at least 4 members (excludes halogenated alkanes) is 1.